The Morgan fingerprint density at radius 1 is 0.419 bits per heavy atom. The van der Waals surface area contributed by atoms with Gasteiger partial charge in [-0.15, -0.1) is 0 Å². The standard InChI is InChI=1S/C60H40N2/c1-2-56-61-54-30-16-22-45-57(37-17-4-3-5-18-37)44-34-32-39(36-55(44)62(56)58(45)54)38-31-33-43-42-21-8-11-25-48(42)60(53(43)35-38)51-28-14-12-26-49(51)59(50-27-13-15-29-52(50)60)46-23-9-6-19-40(46)41-20-7-10-24-47(41)59/h3-36,57H,2H2,1H3. The number of hydrogen-bond acceptors (Lipinski definition) is 1. The summed E-state index contributed by atoms with van der Waals surface area (Å²) in [4.78, 5) is 5.22. The summed E-state index contributed by atoms with van der Waals surface area (Å²) in [6, 6.07) is 78.4. The topological polar surface area (TPSA) is 17.8 Å². The lowest BCUT2D eigenvalue weighted by Crippen LogP contribution is -2.43. The Balaban J connectivity index is 1.04. The van der Waals surface area contributed by atoms with Crippen LogP contribution in [0.2, 0.25) is 0 Å². The molecule has 1 aromatic heterocycles. The highest BCUT2D eigenvalue weighted by Gasteiger charge is 2.58. The average molecular weight is 789 g/mol. The summed E-state index contributed by atoms with van der Waals surface area (Å²) >= 11 is 0. The molecule has 10 aromatic rings. The summed E-state index contributed by atoms with van der Waals surface area (Å²) in [5.74, 6) is 1.21. The van der Waals surface area contributed by atoms with Crippen molar-refractivity contribution in [2.45, 2.75) is 30.1 Å². The predicted octanol–water partition coefficient (Wildman–Crippen LogP) is 13.8. The van der Waals surface area contributed by atoms with Crippen molar-refractivity contribution in [3.63, 3.8) is 0 Å². The van der Waals surface area contributed by atoms with Crippen molar-refractivity contribution >= 4 is 11.0 Å². The van der Waals surface area contributed by atoms with Gasteiger partial charge in [0.15, 0.2) is 0 Å². The van der Waals surface area contributed by atoms with Gasteiger partial charge in [-0.25, -0.2) is 4.98 Å². The highest BCUT2D eigenvalue weighted by atomic mass is 15.1. The van der Waals surface area contributed by atoms with E-state index in [-0.39, 0.29) is 5.92 Å². The minimum atomic E-state index is -0.537. The van der Waals surface area contributed by atoms with Crippen molar-refractivity contribution in [2.75, 3.05) is 0 Å². The zero-order valence-electron chi connectivity index (χ0n) is 34.3. The number of para-hydroxylation sites is 1. The highest BCUT2D eigenvalue weighted by Crippen LogP contribution is 2.67. The molecule has 0 amide bonds. The normalized spacial score (nSPS) is 16.0. The Morgan fingerprint density at radius 2 is 0.903 bits per heavy atom. The van der Waals surface area contributed by atoms with Crippen LogP contribution in [0.1, 0.15) is 79.9 Å². The Morgan fingerprint density at radius 3 is 1.48 bits per heavy atom. The molecule has 4 aliphatic rings. The van der Waals surface area contributed by atoms with Crippen LogP contribution < -0.4 is 0 Å². The third-order valence-corrected chi connectivity index (χ3v) is 14.9. The van der Waals surface area contributed by atoms with Crippen LogP contribution in [-0.2, 0) is 17.3 Å². The summed E-state index contributed by atoms with van der Waals surface area (Å²) in [7, 11) is 0. The van der Waals surface area contributed by atoms with E-state index in [0.29, 0.717) is 0 Å². The van der Waals surface area contributed by atoms with E-state index in [9.17, 15) is 0 Å². The van der Waals surface area contributed by atoms with E-state index in [1.807, 2.05) is 0 Å². The van der Waals surface area contributed by atoms with Crippen LogP contribution in [0.25, 0.3) is 50.1 Å². The fourth-order valence-corrected chi connectivity index (χ4v) is 12.7. The highest BCUT2D eigenvalue weighted by molar-refractivity contribution is 5.95. The number of aryl methyl sites for hydroxylation is 1. The Kier molecular flexibility index (Phi) is 6.77. The fourth-order valence-electron chi connectivity index (χ4n) is 12.7. The maximum atomic E-state index is 5.22. The molecule has 1 atom stereocenters. The molecule has 0 saturated heterocycles. The Labute approximate surface area is 361 Å². The maximum Gasteiger partial charge on any atom is 0.114 e. The summed E-state index contributed by atoms with van der Waals surface area (Å²) in [5, 5.41) is 0. The van der Waals surface area contributed by atoms with Gasteiger partial charge in [-0.1, -0.05) is 195 Å². The SMILES string of the molecule is CCc1nc2cccc3c2n1-c1cc(-c2ccc4c(c2)C2(c5ccccc5-4)c4ccccc4C4(c5ccccc5-c5ccccc54)c4ccccc42)ccc1C3c1ccccc1. The molecule has 0 N–H and O–H groups in total. The third-order valence-electron chi connectivity index (χ3n) is 14.9. The van der Waals surface area contributed by atoms with E-state index in [2.05, 4.69) is 218 Å². The molecule has 0 fully saturated rings. The van der Waals surface area contributed by atoms with Gasteiger partial charge in [0.25, 0.3) is 0 Å². The molecule has 0 radical (unpaired) electrons. The van der Waals surface area contributed by atoms with E-state index in [4.69, 9.17) is 4.98 Å². The summed E-state index contributed by atoms with van der Waals surface area (Å²) in [5.41, 5.74) is 25.0. The van der Waals surface area contributed by atoms with Crippen LogP contribution in [0.5, 0.6) is 0 Å². The zero-order chi connectivity index (χ0) is 40.7. The molecule has 2 nitrogen and oxygen atoms in total. The van der Waals surface area contributed by atoms with Gasteiger partial charge < -0.3 is 0 Å². The molecule has 62 heavy (non-hydrogen) atoms. The van der Waals surface area contributed by atoms with Gasteiger partial charge in [0.2, 0.25) is 0 Å². The largest absolute Gasteiger partial charge is 0.296 e. The van der Waals surface area contributed by atoms with E-state index in [0.717, 1.165) is 17.8 Å². The third kappa shape index (κ3) is 4.04. The molecule has 1 unspecified atom stereocenters. The minimum absolute atomic E-state index is 0.115. The molecule has 2 heterocycles. The second-order valence-corrected chi connectivity index (χ2v) is 17.5. The zero-order valence-corrected chi connectivity index (χ0v) is 34.3. The quantitative estimate of drug-likeness (QED) is 0.174. The van der Waals surface area contributed by atoms with Gasteiger partial charge in [-0.2, -0.15) is 0 Å². The molecule has 290 valence electrons. The van der Waals surface area contributed by atoms with Gasteiger partial charge in [-0.05, 0) is 113 Å². The molecule has 14 rings (SSSR count). The van der Waals surface area contributed by atoms with Crippen LogP contribution in [-0.4, -0.2) is 9.55 Å². The number of aromatic nitrogens is 2. The van der Waals surface area contributed by atoms with Gasteiger partial charge in [-0.3, -0.25) is 4.57 Å². The van der Waals surface area contributed by atoms with E-state index >= 15 is 0 Å². The average Bonchev–Trinajstić information content (AvgIpc) is 3.97. The molecule has 2 heteroatoms. The summed E-state index contributed by atoms with van der Waals surface area (Å²) in [6.45, 7) is 2.22. The van der Waals surface area contributed by atoms with E-state index in [1.165, 1.54) is 106 Å². The van der Waals surface area contributed by atoms with Gasteiger partial charge in [0.1, 0.15) is 5.82 Å². The van der Waals surface area contributed by atoms with Crippen LogP contribution in [0, 0.1) is 0 Å². The molecule has 9 aromatic carbocycles. The number of hydrogen-bond donors (Lipinski definition) is 0. The van der Waals surface area contributed by atoms with Crippen molar-refractivity contribution < 1.29 is 0 Å². The first-order valence-electron chi connectivity index (χ1n) is 22.1. The lowest BCUT2D eigenvalue weighted by atomic mass is 9.52. The lowest BCUT2D eigenvalue weighted by molar-refractivity contribution is 0.633. The van der Waals surface area contributed by atoms with Crippen molar-refractivity contribution in [2.24, 2.45) is 0 Å². The molecule has 0 bridgehead atoms. The molecule has 0 saturated carbocycles. The molecule has 1 aliphatic heterocycles. The van der Waals surface area contributed by atoms with E-state index in [1.54, 1.807) is 0 Å². The number of benzene rings is 9. The summed E-state index contributed by atoms with van der Waals surface area (Å²) < 4.78 is 2.46. The van der Waals surface area contributed by atoms with E-state index < -0.39 is 10.8 Å². The monoisotopic (exact) mass is 788 g/mol. The van der Waals surface area contributed by atoms with Crippen molar-refractivity contribution in [3.05, 3.63) is 273 Å². The van der Waals surface area contributed by atoms with Crippen LogP contribution in [0.15, 0.2) is 206 Å². The van der Waals surface area contributed by atoms with Crippen molar-refractivity contribution in [3.8, 4) is 39.1 Å². The van der Waals surface area contributed by atoms with Crippen LogP contribution in [0.4, 0.5) is 0 Å². The number of fused-ring (bicyclic) bond motifs is 18. The van der Waals surface area contributed by atoms with Crippen LogP contribution >= 0.6 is 0 Å². The van der Waals surface area contributed by atoms with Crippen molar-refractivity contribution in [1.82, 2.24) is 9.55 Å². The maximum absolute atomic E-state index is 5.22. The molecule has 3 aliphatic carbocycles. The van der Waals surface area contributed by atoms with Gasteiger partial charge >= 0.3 is 0 Å². The number of nitrogens with zero attached hydrogens (tertiary/aromatic N) is 2. The minimum Gasteiger partial charge on any atom is -0.296 e. The molecular formula is C60H40N2. The van der Waals surface area contributed by atoms with Gasteiger partial charge in [0.05, 0.1) is 27.6 Å². The fraction of sp³-hybridized carbons (Fsp3) is 0.0833. The predicted molar refractivity (Wildman–Crippen MR) is 251 cm³/mol. The van der Waals surface area contributed by atoms with Crippen molar-refractivity contribution in [1.29, 1.82) is 0 Å². The first-order valence-corrected chi connectivity index (χ1v) is 22.1. The van der Waals surface area contributed by atoms with Crippen LogP contribution in [0.3, 0.4) is 0 Å². The summed E-state index contributed by atoms with van der Waals surface area (Å²) in [6.07, 6.45) is 0.850. The van der Waals surface area contributed by atoms with Gasteiger partial charge in [0, 0.05) is 12.3 Å². The number of imidazole rings is 1. The second kappa shape index (κ2) is 12.3. The number of rotatable bonds is 3. The second-order valence-electron chi connectivity index (χ2n) is 17.5. The Hall–Kier alpha value is -7.55. The smallest absolute Gasteiger partial charge is 0.114 e. The molecular weight excluding hydrogens is 749 g/mol. The Bertz CT molecular complexity index is 3440. The molecule has 2 spiro atoms. The first-order chi connectivity index (χ1) is 30.7. The first kappa shape index (κ1) is 34.2. The lowest BCUT2D eigenvalue weighted by Gasteiger charge is -2.48.